The molecule has 0 atom stereocenters. The maximum atomic E-state index is 12.0. The Balaban J connectivity index is 1.61. The molecule has 0 radical (unpaired) electrons. The molecule has 1 aliphatic heterocycles. The topological polar surface area (TPSA) is 81.9 Å². The van der Waals surface area contributed by atoms with E-state index in [1.807, 2.05) is 18.2 Å². The van der Waals surface area contributed by atoms with E-state index in [0.717, 1.165) is 29.8 Å². The third-order valence-corrected chi connectivity index (χ3v) is 3.74. The lowest BCUT2D eigenvalue weighted by Gasteiger charge is -2.21. The molecule has 0 bridgehead atoms. The summed E-state index contributed by atoms with van der Waals surface area (Å²) in [7, 11) is 0. The average Bonchev–Trinajstić information content (AvgIpc) is 2.63. The molecule has 6 heteroatoms. The van der Waals surface area contributed by atoms with Crippen LogP contribution in [-0.4, -0.2) is 33.9 Å². The maximum Gasteiger partial charge on any atom is 0.230 e. The highest BCUT2D eigenvalue weighted by molar-refractivity contribution is 5.91. The van der Waals surface area contributed by atoms with Gasteiger partial charge in [-0.25, -0.2) is 4.98 Å². The second kappa shape index (κ2) is 7.38. The van der Waals surface area contributed by atoms with Crippen LogP contribution in [0.15, 0.2) is 48.8 Å². The lowest BCUT2D eigenvalue weighted by Crippen LogP contribution is -2.24. The molecule has 0 unspecified atom stereocenters. The molecule has 0 fully saturated rings. The molecule has 0 spiro atoms. The van der Waals surface area contributed by atoms with Crippen molar-refractivity contribution >= 4 is 17.3 Å². The van der Waals surface area contributed by atoms with Gasteiger partial charge >= 0.3 is 0 Å². The molecule has 0 aromatic carbocycles. The normalized spacial score (nSPS) is 13.8. The largest absolute Gasteiger partial charge is 0.310 e. The van der Waals surface area contributed by atoms with E-state index in [1.165, 1.54) is 0 Å². The molecule has 0 saturated heterocycles. The summed E-state index contributed by atoms with van der Waals surface area (Å²) in [6.07, 6.45) is 8.72. The number of pyridine rings is 2. The summed E-state index contributed by atoms with van der Waals surface area (Å²) in [4.78, 5) is 22.2. The van der Waals surface area contributed by atoms with Crippen molar-refractivity contribution in [2.45, 2.75) is 12.8 Å². The van der Waals surface area contributed by atoms with Gasteiger partial charge in [0.2, 0.25) is 5.91 Å². The Bertz CT molecular complexity index is 777. The zero-order valence-corrected chi connectivity index (χ0v) is 13.1. The Morgan fingerprint density at radius 3 is 2.92 bits per heavy atom. The fourth-order valence-corrected chi connectivity index (χ4v) is 2.54. The van der Waals surface area contributed by atoms with Crippen molar-refractivity contribution in [1.82, 2.24) is 14.9 Å². The summed E-state index contributed by atoms with van der Waals surface area (Å²) in [5.74, 6) is 0.409. The molecule has 3 heterocycles. The predicted molar refractivity (Wildman–Crippen MR) is 90.6 cm³/mol. The highest BCUT2D eigenvalue weighted by Gasteiger charge is 2.13. The van der Waals surface area contributed by atoms with E-state index >= 15 is 0 Å². The van der Waals surface area contributed by atoms with Crippen LogP contribution in [0.25, 0.3) is 5.57 Å². The Morgan fingerprint density at radius 2 is 2.21 bits per heavy atom. The van der Waals surface area contributed by atoms with Crippen LogP contribution in [0.4, 0.5) is 5.82 Å². The number of rotatable bonds is 4. The lowest BCUT2D eigenvalue weighted by molar-refractivity contribution is -0.115. The fourth-order valence-electron chi connectivity index (χ4n) is 2.54. The lowest BCUT2D eigenvalue weighted by atomic mass is 10.1. The van der Waals surface area contributed by atoms with Crippen LogP contribution in [-0.2, 0) is 11.2 Å². The number of nitrogens with zero attached hydrogens (tertiary/aromatic N) is 4. The Hall–Kier alpha value is -3.20. The first kappa shape index (κ1) is 15.7. The Kier molecular flexibility index (Phi) is 4.82. The first-order valence-electron chi connectivity index (χ1n) is 7.74. The van der Waals surface area contributed by atoms with Gasteiger partial charge in [-0.1, -0.05) is 18.2 Å². The number of aromatic nitrogens is 2. The van der Waals surface area contributed by atoms with Gasteiger partial charge in [-0.05, 0) is 35.8 Å². The van der Waals surface area contributed by atoms with E-state index < -0.39 is 0 Å². The standard InChI is InChI=1S/C18H17N5O/c19-13-23-9-3-4-15(12-23)16-7-6-14(11-21-16)10-18(24)22-17-5-1-2-8-20-17/h1-2,4-8,11H,3,9-10,12H2,(H,20,22,24). The number of amides is 1. The quantitative estimate of drug-likeness (QED) is 0.874. The molecular weight excluding hydrogens is 302 g/mol. The molecule has 3 rings (SSSR count). The maximum absolute atomic E-state index is 12.0. The molecule has 0 saturated carbocycles. The van der Waals surface area contributed by atoms with Crippen LogP contribution in [0.3, 0.4) is 0 Å². The molecule has 1 N–H and O–H groups in total. The number of carbonyl (C=O) groups is 1. The zero-order valence-electron chi connectivity index (χ0n) is 13.1. The average molecular weight is 319 g/mol. The highest BCUT2D eigenvalue weighted by Crippen LogP contribution is 2.19. The molecular formula is C18H17N5O. The number of nitriles is 1. The van der Waals surface area contributed by atoms with Crippen LogP contribution in [0.5, 0.6) is 0 Å². The van der Waals surface area contributed by atoms with E-state index in [9.17, 15) is 4.79 Å². The first-order valence-corrected chi connectivity index (χ1v) is 7.74. The third kappa shape index (κ3) is 3.96. The molecule has 6 nitrogen and oxygen atoms in total. The minimum Gasteiger partial charge on any atom is -0.310 e. The van der Waals surface area contributed by atoms with E-state index in [2.05, 4.69) is 27.6 Å². The van der Waals surface area contributed by atoms with Gasteiger partial charge in [0, 0.05) is 18.9 Å². The minimum atomic E-state index is -0.129. The predicted octanol–water partition coefficient (Wildman–Crippen LogP) is 2.23. The summed E-state index contributed by atoms with van der Waals surface area (Å²) in [5.41, 5.74) is 2.73. The fraction of sp³-hybridized carbons (Fsp3) is 0.222. The monoisotopic (exact) mass is 319 g/mol. The molecule has 0 aliphatic carbocycles. The van der Waals surface area contributed by atoms with Crippen LogP contribution in [0, 0.1) is 11.5 Å². The number of hydrogen-bond acceptors (Lipinski definition) is 5. The van der Waals surface area contributed by atoms with Gasteiger partial charge in [0.05, 0.1) is 18.7 Å². The van der Waals surface area contributed by atoms with Gasteiger partial charge in [0.1, 0.15) is 5.82 Å². The van der Waals surface area contributed by atoms with Gasteiger partial charge in [-0.3, -0.25) is 9.78 Å². The number of hydrogen-bond donors (Lipinski definition) is 1. The first-order chi connectivity index (χ1) is 11.7. The van der Waals surface area contributed by atoms with E-state index in [1.54, 1.807) is 29.4 Å². The summed E-state index contributed by atoms with van der Waals surface area (Å²) >= 11 is 0. The van der Waals surface area contributed by atoms with Crippen LogP contribution < -0.4 is 5.32 Å². The second-order valence-electron chi connectivity index (χ2n) is 5.53. The van der Waals surface area contributed by atoms with Gasteiger partial charge in [-0.2, -0.15) is 5.26 Å². The number of anilines is 1. The Morgan fingerprint density at radius 1 is 1.29 bits per heavy atom. The van der Waals surface area contributed by atoms with Crippen molar-refractivity contribution in [1.29, 1.82) is 5.26 Å². The van der Waals surface area contributed by atoms with Crippen LogP contribution >= 0.6 is 0 Å². The minimum absolute atomic E-state index is 0.129. The van der Waals surface area contributed by atoms with Crippen molar-refractivity contribution in [2.75, 3.05) is 18.4 Å². The Labute approximate surface area is 140 Å². The van der Waals surface area contributed by atoms with Crippen LogP contribution in [0.2, 0.25) is 0 Å². The smallest absolute Gasteiger partial charge is 0.230 e. The molecule has 1 aliphatic rings. The van der Waals surface area contributed by atoms with E-state index in [4.69, 9.17) is 5.26 Å². The van der Waals surface area contributed by atoms with E-state index in [-0.39, 0.29) is 12.3 Å². The van der Waals surface area contributed by atoms with Crippen molar-refractivity contribution in [3.63, 3.8) is 0 Å². The molecule has 2 aromatic heterocycles. The number of nitrogens with one attached hydrogen (secondary N) is 1. The highest BCUT2D eigenvalue weighted by atomic mass is 16.1. The van der Waals surface area contributed by atoms with E-state index in [0.29, 0.717) is 12.4 Å². The van der Waals surface area contributed by atoms with Gasteiger partial charge in [0.25, 0.3) is 0 Å². The second-order valence-corrected chi connectivity index (χ2v) is 5.53. The van der Waals surface area contributed by atoms with Gasteiger partial charge in [-0.15, -0.1) is 0 Å². The van der Waals surface area contributed by atoms with Crippen LogP contribution in [0.1, 0.15) is 17.7 Å². The molecule has 24 heavy (non-hydrogen) atoms. The van der Waals surface area contributed by atoms with Gasteiger partial charge in [0.15, 0.2) is 6.19 Å². The van der Waals surface area contributed by atoms with Crippen molar-refractivity contribution in [3.05, 3.63) is 60.1 Å². The van der Waals surface area contributed by atoms with Crippen molar-refractivity contribution < 1.29 is 4.79 Å². The summed E-state index contributed by atoms with van der Waals surface area (Å²) in [5, 5.41) is 11.7. The zero-order chi connectivity index (χ0) is 16.8. The molecule has 120 valence electrons. The summed E-state index contributed by atoms with van der Waals surface area (Å²) in [6, 6.07) is 9.16. The third-order valence-electron chi connectivity index (χ3n) is 3.74. The molecule has 1 amide bonds. The summed E-state index contributed by atoms with van der Waals surface area (Å²) in [6.45, 7) is 1.34. The SMILES string of the molecule is N#CN1CCC=C(c2ccc(CC(=O)Nc3ccccn3)cn2)C1. The van der Waals surface area contributed by atoms with Crippen molar-refractivity contribution in [2.24, 2.45) is 0 Å². The molecule has 2 aromatic rings. The van der Waals surface area contributed by atoms with Crippen molar-refractivity contribution in [3.8, 4) is 6.19 Å². The summed E-state index contributed by atoms with van der Waals surface area (Å²) < 4.78 is 0. The number of carbonyl (C=O) groups excluding carboxylic acids is 1. The van der Waals surface area contributed by atoms with Gasteiger partial charge < -0.3 is 10.2 Å².